The van der Waals surface area contributed by atoms with Gasteiger partial charge in [0.2, 0.25) is 0 Å². The highest BCUT2D eigenvalue weighted by molar-refractivity contribution is 8.45. The zero-order valence-corrected chi connectivity index (χ0v) is 11.9. The van der Waals surface area contributed by atoms with E-state index in [9.17, 15) is 34.6 Å². The lowest BCUT2D eigenvalue weighted by Crippen LogP contribution is -2.36. The van der Waals surface area contributed by atoms with Crippen molar-refractivity contribution in [3.63, 3.8) is 0 Å². The molecule has 1 aromatic carbocycles. The summed E-state index contributed by atoms with van der Waals surface area (Å²) in [6.45, 7) is 0.384. The van der Waals surface area contributed by atoms with Crippen LogP contribution >= 0.6 is 10.2 Å². The van der Waals surface area contributed by atoms with Crippen molar-refractivity contribution in [2.75, 3.05) is 18.0 Å². The molecule has 1 heterocycles. The topological polar surface area (TPSA) is 66.6 Å². The summed E-state index contributed by atoms with van der Waals surface area (Å²) in [6, 6.07) is 0.722. The summed E-state index contributed by atoms with van der Waals surface area (Å²) >= 11 is 0. The Kier molecular flexibility index (Phi) is 3.38. The summed E-state index contributed by atoms with van der Waals surface area (Å²) in [4.78, 5) is 8.95. The Labute approximate surface area is 122 Å². The van der Waals surface area contributed by atoms with Crippen molar-refractivity contribution in [3.8, 4) is 0 Å². The van der Waals surface area contributed by atoms with Crippen LogP contribution in [0.25, 0.3) is 0 Å². The number of piperidine rings is 1. The van der Waals surface area contributed by atoms with Gasteiger partial charge in [-0.25, -0.2) is 0 Å². The highest BCUT2D eigenvalue weighted by atomic mass is 32.5. The van der Waals surface area contributed by atoms with Crippen molar-refractivity contribution in [3.05, 3.63) is 28.3 Å². The maximum absolute atomic E-state index is 12.7. The van der Waals surface area contributed by atoms with E-state index in [0.717, 1.165) is 0 Å². The van der Waals surface area contributed by atoms with E-state index in [1.807, 2.05) is 0 Å². The summed E-state index contributed by atoms with van der Waals surface area (Å²) < 4.78 is 63.7. The Balaban J connectivity index is 2.48. The van der Waals surface area contributed by atoms with E-state index >= 15 is 0 Å². The average Bonchev–Trinajstić information content (AvgIpc) is 2.36. The fraction of sp³-hybridized carbons (Fsp3) is 0.455. The molecule has 0 unspecified atom stereocenters. The number of halogens is 5. The Morgan fingerprint density at radius 2 is 1.73 bits per heavy atom. The SMILES string of the molecule is O=[N+]([O-])c1cc(S(F)(F)(F)(F)F)ccc1N1CCC(O)CC1. The summed E-state index contributed by atoms with van der Waals surface area (Å²) in [7, 11) is -9.97. The summed E-state index contributed by atoms with van der Waals surface area (Å²) in [5, 5.41) is 20.3. The maximum atomic E-state index is 12.7. The predicted molar refractivity (Wildman–Crippen MR) is 71.9 cm³/mol. The number of anilines is 1. The van der Waals surface area contributed by atoms with Crippen molar-refractivity contribution in [2.24, 2.45) is 0 Å². The fourth-order valence-electron chi connectivity index (χ4n) is 2.26. The summed E-state index contributed by atoms with van der Waals surface area (Å²) in [5.41, 5.74) is -1.19. The number of aliphatic hydroxyl groups excluding tert-OH is 1. The van der Waals surface area contributed by atoms with Crippen LogP contribution in [-0.4, -0.2) is 29.2 Å². The van der Waals surface area contributed by atoms with E-state index in [1.54, 1.807) is 0 Å². The molecule has 1 N–H and O–H groups in total. The highest BCUT2D eigenvalue weighted by Crippen LogP contribution is 3.02. The fourth-order valence-corrected chi connectivity index (χ4v) is 2.92. The minimum atomic E-state index is -9.97. The van der Waals surface area contributed by atoms with Gasteiger partial charge in [0.15, 0.2) is 0 Å². The van der Waals surface area contributed by atoms with Gasteiger partial charge in [-0.15, -0.1) is 0 Å². The van der Waals surface area contributed by atoms with Crippen LogP contribution in [0.2, 0.25) is 0 Å². The third-order valence-corrected chi connectivity index (χ3v) is 4.54. The molecule has 0 amide bonds. The number of hydrogen-bond acceptors (Lipinski definition) is 4. The van der Waals surface area contributed by atoms with E-state index in [2.05, 4.69) is 0 Å². The molecule has 0 radical (unpaired) electrons. The zero-order chi connectivity index (χ0) is 16.8. The monoisotopic (exact) mass is 348 g/mol. The van der Waals surface area contributed by atoms with Crippen LogP contribution in [0.15, 0.2) is 23.1 Å². The predicted octanol–water partition coefficient (Wildman–Crippen LogP) is 4.21. The minimum Gasteiger partial charge on any atom is -0.393 e. The van der Waals surface area contributed by atoms with Gasteiger partial charge < -0.3 is 10.0 Å². The first-order chi connectivity index (χ1) is 9.77. The minimum absolute atomic E-state index is 0.123. The number of rotatable bonds is 3. The van der Waals surface area contributed by atoms with Crippen LogP contribution in [-0.2, 0) is 0 Å². The van der Waals surface area contributed by atoms with Crippen molar-refractivity contribution >= 4 is 21.6 Å². The van der Waals surface area contributed by atoms with Gasteiger partial charge in [0.05, 0.1) is 11.0 Å². The van der Waals surface area contributed by atoms with E-state index in [4.69, 9.17) is 0 Å². The van der Waals surface area contributed by atoms with E-state index in [1.165, 1.54) is 4.90 Å². The van der Waals surface area contributed by atoms with Gasteiger partial charge in [-0.3, -0.25) is 10.1 Å². The van der Waals surface area contributed by atoms with Gasteiger partial charge in [0, 0.05) is 19.2 Å². The zero-order valence-electron chi connectivity index (χ0n) is 11.1. The average molecular weight is 348 g/mol. The standard InChI is InChI=1S/C11H13F5N2O3S/c12-22(13,14,15,16)9-1-2-10(11(7-9)18(20)21)17-5-3-8(19)4-6-17/h1-2,7-8,19H,3-6H2. The number of benzene rings is 1. The van der Waals surface area contributed by atoms with Gasteiger partial charge in [-0.1, -0.05) is 19.4 Å². The second-order valence-corrected chi connectivity index (χ2v) is 7.50. The number of nitrogens with zero attached hydrogens (tertiary/aromatic N) is 2. The van der Waals surface area contributed by atoms with Crippen LogP contribution in [0.5, 0.6) is 0 Å². The molecule has 0 bridgehead atoms. The van der Waals surface area contributed by atoms with Gasteiger partial charge in [-0.05, 0) is 25.0 Å². The number of nitro benzene ring substituents is 1. The smallest absolute Gasteiger partial charge is 0.310 e. The molecule has 2 rings (SSSR count). The molecular weight excluding hydrogens is 335 g/mol. The highest BCUT2D eigenvalue weighted by Gasteiger charge is 2.66. The second kappa shape index (κ2) is 4.44. The molecule has 0 atom stereocenters. The lowest BCUT2D eigenvalue weighted by molar-refractivity contribution is -0.384. The molecule has 0 aliphatic carbocycles. The first-order valence-corrected chi connectivity index (χ1v) is 8.18. The second-order valence-electron chi connectivity index (χ2n) is 5.09. The number of nitro groups is 1. The Morgan fingerprint density at radius 1 is 1.18 bits per heavy atom. The Bertz CT molecular complexity index is 614. The van der Waals surface area contributed by atoms with Gasteiger partial charge in [-0.2, -0.15) is 0 Å². The lowest BCUT2D eigenvalue weighted by Gasteiger charge is -2.40. The van der Waals surface area contributed by atoms with Crippen molar-refractivity contribution in [1.82, 2.24) is 0 Å². The Morgan fingerprint density at radius 3 is 2.18 bits per heavy atom. The molecule has 1 fully saturated rings. The summed E-state index contributed by atoms with van der Waals surface area (Å²) in [6.07, 6.45) is 0.000242. The van der Waals surface area contributed by atoms with E-state index < -0.39 is 31.8 Å². The number of hydrogen-bond donors (Lipinski definition) is 1. The van der Waals surface area contributed by atoms with Crippen molar-refractivity contribution in [2.45, 2.75) is 23.8 Å². The molecule has 1 saturated heterocycles. The normalized spacial score (nSPS) is 20.4. The summed E-state index contributed by atoms with van der Waals surface area (Å²) in [5.74, 6) is 0. The Hall–Kier alpha value is -1.62. The molecule has 1 aliphatic heterocycles. The molecule has 0 saturated carbocycles. The molecule has 0 spiro atoms. The quantitative estimate of drug-likeness (QED) is 0.505. The largest absolute Gasteiger partial charge is 0.393 e. The third-order valence-electron chi connectivity index (χ3n) is 3.39. The lowest BCUT2D eigenvalue weighted by atomic mass is 10.1. The van der Waals surface area contributed by atoms with Gasteiger partial charge in [0.25, 0.3) is 5.69 Å². The van der Waals surface area contributed by atoms with Crippen molar-refractivity contribution in [1.29, 1.82) is 0 Å². The molecule has 5 nitrogen and oxygen atoms in total. The van der Waals surface area contributed by atoms with Crippen LogP contribution < -0.4 is 4.90 Å². The van der Waals surface area contributed by atoms with Crippen LogP contribution in [0, 0.1) is 10.1 Å². The van der Waals surface area contributed by atoms with Crippen LogP contribution in [0.3, 0.4) is 0 Å². The molecular formula is C11H13F5N2O3S. The molecule has 1 aromatic rings. The van der Waals surface area contributed by atoms with Crippen molar-refractivity contribution < 1.29 is 29.5 Å². The molecule has 22 heavy (non-hydrogen) atoms. The molecule has 126 valence electrons. The molecule has 11 heteroatoms. The van der Waals surface area contributed by atoms with E-state index in [-0.39, 0.29) is 30.9 Å². The maximum Gasteiger partial charge on any atom is 0.310 e. The molecule has 1 aliphatic rings. The third kappa shape index (κ3) is 3.58. The van der Waals surface area contributed by atoms with Gasteiger partial charge >= 0.3 is 10.2 Å². The first kappa shape index (κ1) is 16.7. The van der Waals surface area contributed by atoms with Crippen LogP contribution in [0.1, 0.15) is 12.8 Å². The van der Waals surface area contributed by atoms with E-state index in [0.29, 0.717) is 18.9 Å². The number of aliphatic hydroxyl groups is 1. The van der Waals surface area contributed by atoms with Gasteiger partial charge in [0.1, 0.15) is 10.6 Å². The molecule has 0 aromatic heterocycles. The first-order valence-electron chi connectivity index (χ1n) is 6.23. The van der Waals surface area contributed by atoms with Crippen LogP contribution in [0.4, 0.5) is 30.8 Å².